The third-order valence-electron chi connectivity index (χ3n) is 0.865. The number of ether oxygens (including phenoxy) is 1. The molecule has 5 nitrogen and oxygen atoms in total. The van der Waals surface area contributed by atoms with Gasteiger partial charge in [0.15, 0.2) is 0 Å². The zero-order valence-electron chi connectivity index (χ0n) is 5.94. The van der Waals surface area contributed by atoms with Crippen LogP contribution in [0, 0.1) is 0 Å². The second kappa shape index (κ2) is 4.97. The fourth-order valence-electron chi connectivity index (χ4n) is 0.288. The molecule has 0 rings (SSSR count). The summed E-state index contributed by atoms with van der Waals surface area (Å²) in [5, 5.41) is 7.75. The van der Waals surface area contributed by atoms with E-state index in [1.54, 1.807) is 0 Å². The first-order chi connectivity index (χ1) is 5.07. The van der Waals surface area contributed by atoms with Crippen LogP contribution >= 0.6 is 11.8 Å². The largest absolute Gasteiger partial charge is 0.480 e. The van der Waals surface area contributed by atoms with Crippen molar-refractivity contribution in [2.45, 2.75) is 6.04 Å². The number of nitrogens with two attached hydrogens (primary N) is 1. The molecule has 0 radical (unpaired) electrons. The topological polar surface area (TPSA) is 89.6 Å². The Morgan fingerprint density at radius 2 is 2.27 bits per heavy atom. The highest BCUT2D eigenvalue weighted by atomic mass is 32.2. The summed E-state index contributed by atoms with van der Waals surface area (Å²) in [6.07, 6.45) is 0. The van der Waals surface area contributed by atoms with Gasteiger partial charge in [0.2, 0.25) is 0 Å². The molecule has 1 unspecified atom stereocenters. The van der Waals surface area contributed by atoms with E-state index in [-0.39, 0.29) is 5.75 Å². The van der Waals surface area contributed by atoms with Crippen molar-refractivity contribution >= 4 is 23.0 Å². The molecule has 0 fully saturated rings. The average Bonchev–Trinajstić information content (AvgIpc) is 1.99. The minimum absolute atomic E-state index is 0.0298. The van der Waals surface area contributed by atoms with Gasteiger partial charge in [-0.05, 0) is 11.8 Å². The first kappa shape index (κ1) is 10.2. The number of hydrogen-bond acceptors (Lipinski definition) is 5. The molecule has 0 aromatic heterocycles. The zero-order valence-corrected chi connectivity index (χ0v) is 6.76. The van der Waals surface area contributed by atoms with Gasteiger partial charge in [0.25, 0.3) is 0 Å². The predicted octanol–water partition coefficient (Wildman–Crippen LogP) is -0.102. The lowest BCUT2D eigenvalue weighted by Crippen LogP contribution is -2.32. The minimum atomic E-state index is -1.12. The van der Waals surface area contributed by atoms with E-state index in [4.69, 9.17) is 10.8 Å². The van der Waals surface area contributed by atoms with Gasteiger partial charge in [0.1, 0.15) is 6.04 Å². The highest BCUT2D eigenvalue weighted by Crippen LogP contribution is 2.04. The Morgan fingerprint density at radius 1 is 1.73 bits per heavy atom. The van der Waals surface area contributed by atoms with Gasteiger partial charge in [-0.1, -0.05) is 0 Å². The second-order valence-electron chi connectivity index (χ2n) is 1.71. The van der Waals surface area contributed by atoms with Gasteiger partial charge in [-0.2, -0.15) is 0 Å². The molecule has 0 bridgehead atoms. The third-order valence-corrected chi connectivity index (χ3v) is 1.79. The van der Waals surface area contributed by atoms with Crippen molar-refractivity contribution in [3.63, 3.8) is 0 Å². The molecule has 0 aliphatic carbocycles. The number of aliphatic carboxylic acids is 1. The molecule has 3 N–H and O–H groups in total. The Hall–Kier alpha value is -0.750. The van der Waals surface area contributed by atoms with Gasteiger partial charge in [-0.25, -0.2) is 4.79 Å². The van der Waals surface area contributed by atoms with Gasteiger partial charge < -0.3 is 15.6 Å². The molecule has 0 amide bonds. The zero-order chi connectivity index (χ0) is 8.85. The SMILES string of the molecule is COC(=O)SCC(N)C(=O)O. The molecule has 0 aromatic rings. The van der Waals surface area contributed by atoms with E-state index in [2.05, 4.69) is 4.74 Å². The van der Waals surface area contributed by atoms with E-state index in [0.717, 1.165) is 11.8 Å². The van der Waals surface area contributed by atoms with Crippen molar-refractivity contribution in [1.82, 2.24) is 0 Å². The number of methoxy groups -OCH3 is 1. The lowest BCUT2D eigenvalue weighted by Gasteiger charge is -2.02. The number of carbonyl (C=O) groups excluding carboxylic acids is 1. The number of carboxylic acid groups (broad SMARTS) is 1. The van der Waals surface area contributed by atoms with Crippen LogP contribution in [-0.2, 0) is 9.53 Å². The lowest BCUT2D eigenvalue weighted by molar-refractivity contribution is -0.137. The van der Waals surface area contributed by atoms with Crippen LogP contribution in [0.2, 0.25) is 0 Å². The van der Waals surface area contributed by atoms with E-state index in [1.807, 2.05) is 0 Å². The smallest absolute Gasteiger partial charge is 0.367 e. The van der Waals surface area contributed by atoms with Crippen molar-refractivity contribution in [2.75, 3.05) is 12.9 Å². The van der Waals surface area contributed by atoms with Crippen molar-refractivity contribution in [2.24, 2.45) is 5.73 Å². The minimum Gasteiger partial charge on any atom is -0.480 e. The Balaban J connectivity index is 3.54. The number of carboxylic acids is 1. The molecular weight excluding hydrogens is 170 g/mol. The van der Waals surface area contributed by atoms with Crippen LogP contribution in [0.25, 0.3) is 0 Å². The summed E-state index contributed by atoms with van der Waals surface area (Å²) in [7, 11) is 1.22. The predicted molar refractivity (Wildman–Crippen MR) is 40.5 cm³/mol. The Bertz CT molecular complexity index is 161. The summed E-state index contributed by atoms with van der Waals surface area (Å²) in [4.78, 5) is 20.5. The Labute approximate surface area is 67.9 Å². The van der Waals surface area contributed by atoms with Gasteiger partial charge in [-0.3, -0.25) is 4.79 Å². The van der Waals surface area contributed by atoms with E-state index in [0.29, 0.717) is 0 Å². The molecular formula is C5H9NO4S. The van der Waals surface area contributed by atoms with Gasteiger partial charge in [-0.15, -0.1) is 0 Å². The van der Waals surface area contributed by atoms with Crippen LogP contribution in [0.15, 0.2) is 0 Å². The van der Waals surface area contributed by atoms with Crippen LogP contribution in [0.1, 0.15) is 0 Å². The fourth-order valence-corrected chi connectivity index (χ4v) is 0.864. The Morgan fingerprint density at radius 3 is 2.64 bits per heavy atom. The lowest BCUT2D eigenvalue weighted by atomic mass is 10.4. The van der Waals surface area contributed by atoms with E-state index < -0.39 is 17.3 Å². The van der Waals surface area contributed by atoms with Gasteiger partial charge in [0.05, 0.1) is 7.11 Å². The van der Waals surface area contributed by atoms with E-state index >= 15 is 0 Å². The van der Waals surface area contributed by atoms with Gasteiger partial charge >= 0.3 is 11.3 Å². The van der Waals surface area contributed by atoms with Crippen molar-refractivity contribution < 1.29 is 19.4 Å². The standard InChI is InChI=1S/C5H9NO4S/c1-10-5(9)11-2-3(6)4(7)8/h3H,2,6H2,1H3,(H,7,8). The number of carbonyl (C=O) groups is 2. The summed E-state index contributed by atoms with van der Waals surface area (Å²) in [5.41, 5.74) is 5.09. The second-order valence-corrected chi connectivity index (χ2v) is 2.67. The van der Waals surface area contributed by atoms with Crippen LogP contribution in [0.5, 0.6) is 0 Å². The molecule has 0 aliphatic heterocycles. The molecule has 1 atom stereocenters. The van der Waals surface area contributed by atoms with Crippen molar-refractivity contribution in [3.8, 4) is 0 Å². The number of rotatable bonds is 3. The molecule has 64 valence electrons. The molecule has 0 heterocycles. The van der Waals surface area contributed by atoms with Crippen LogP contribution in [0.3, 0.4) is 0 Å². The normalized spacial score (nSPS) is 12.2. The molecule has 6 heteroatoms. The maximum absolute atomic E-state index is 10.4. The molecule has 0 saturated carbocycles. The van der Waals surface area contributed by atoms with Crippen LogP contribution in [-0.4, -0.2) is 35.3 Å². The van der Waals surface area contributed by atoms with E-state index in [1.165, 1.54) is 7.11 Å². The van der Waals surface area contributed by atoms with Crippen LogP contribution in [0.4, 0.5) is 4.79 Å². The maximum Gasteiger partial charge on any atom is 0.367 e. The summed E-state index contributed by atoms with van der Waals surface area (Å²) in [6, 6.07) is -1.01. The summed E-state index contributed by atoms with van der Waals surface area (Å²) in [6.45, 7) is 0. The molecule has 0 saturated heterocycles. The average molecular weight is 179 g/mol. The highest BCUT2D eigenvalue weighted by molar-refractivity contribution is 8.13. The van der Waals surface area contributed by atoms with E-state index in [9.17, 15) is 9.59 Å². The molecule has 0 aliphatic rings. The Kier molecular flexibility index (Phi) is 4.64. The van der Waals surface area contributed by atoms with Crippen molar-refractivity contribution in [3.05, 3.63) is 0 Å². The number of thioether (sulfide) groups is 1. The molecule has 0 spiro atoms. The van der Waals surface area contributed by atoms with Crippen molar-refractivity contribution in [1.29, 1.82) is 0 Å². The summed E-state index contributed by atoms with van der Waals surface area (Å²) >= 11 is 0.746. The first-order valence-electron chi connectivity index (χ1n) is 2.77. The summed E-state index contributed by atoms with van der Waals surface area (Å²) in [5.74, 6) is -1.09. The summed E-state index contributed by atoms with van der Waals surface area (Å²) < 4.78 is 4.26. The quantitative estimate of drug-likeness (QED) is 0.588. The van der Waals surface area contributed by atoms with Crippen LogP contribution < -0.4 is 5.73 Å². The first-order valence-corrected chi connectivity index (χ1v) is 3.75. The maximum atomic E-state index is 10.4. The van der Waals surface area contributed by atoms with Gasteiger partial charge in [0, 0.05) is 5.75 Å². The fraction of sp³-hybridized carbons (Fsp3) is 0.600. The molecule has 11 heavy (non-hydrogen) atoms. The third kappa shape index (κ3) is 4.63. The monoisotopic (exact) mass is 179 g/mol. The molecule has 0 aromatic carbocycles. The highest BCUT2D eigenvalue weighted by Gasteiger charge is 2.13. The number of hydrogen-bond donors (Lipinski definition) is 2.